The second-order valence-corrected chi connectivity index (χ2v) is 2.98. The van der Waals surface area contributed by atoms with E-state index < -0.39 is 0 Å². The largest absolute Gasteiger partial charge is 0.371 e. The maximum Gasteiger partial charge on any atom is 0.166 e. The first kappa shape index (κ1) is 7.71. The summed E-state index contributed by atoms with van der Waals surface area (Å²) in [5.74, 6) is -0.0187. The Balaban J connectivity index is 3.07. The van der Waals surface area contributed by atoms with E-state index in [0.717, 1.165) is 3.57 Å². The van der Waals surface area contributed by atoms with Crippen LogP contribution in [-0.2, 0) is 0 Å². The summed E-state index contributed by atoms with van der Waals surface area (Å²) in [5, 5.41) is 2.63. The Hall–Kier alpha value is -0.390. The number of rotatable bonds is 1. The molecule has 0 saturated carbocycles. The number of aromatic nitrogens is 1. The molecule has 0 atom stereocenters. The van der Waals surface area contributed by atoms with Gasteiger partial charge in [-0.2, -0.15) is 0 Å². The van der Waals surface area contributed by atoms with Crippen LogP contribution in [-0.4, -0.2) is 12.0 Å². The topological polar surface area (TPSA) is 24.9 Å². The van der Waals surface area contributed by atoms with Crippen molar-refractivity contribution >= 4 is 28.4 Å². The highest BCUT2D eigenvalue weighted by Crippen LogP contribution is 2.11. The van der Waals surface area contributed by atoms with Crippen LogP contribution in [0.4, 0.5) is 10.2 Å². The third-order valence-corrected chi connectivity index (χ3v) is 1.63. The molecule has 0 bridgehead atoms. The molecule has 0 spiro atoms. The van der Waals surface area contributed by atoms with E-state index in [9.17, 15) is 4.39 Å². The van der Waals surface area contributed by atoms with Gasteiger partial charge >= 0.3 is 0 Å². The van der Waals surface area contributed by atoms with Crippen molar-refractivity contribution < 1.29 is 4.39 Å². The van der Waals surface area contributed by atoms with Crippen LogP contribution in [0.1, 0.15) is 0 Å². The first-order valence-electron chi connectivity index (χ1n) is 2.73. The molecule has 10 heavy (non-hydrogen) atoms. The molecular formula is C6H6FIN2. The molecule has 0 unspecified atom stereocenters. The number of nitrogens with zero attached hydrogens (tertiary/aromatic N) is 1. The fraction of sp³-hybridized carbons (Fsp3) is 0.167. The lowest BCUT2D eigenvalue weighted by molar-refractivity contribution is 0.624. The van der Waals surface area contributed by atoms with Gasteiger partial charge in [0.05, 0.1) is 0 Å². The van der Waals surface area contributed by atoms with Crippen molar-refractivity contribution in [1.82, 2.24) is 4.98 Å². The van der Waals surface area contributed by atoms with Crippen LogP contribution in [0.5, 0.6) is 0 Å². The molecular weight excluding hydrogens is 246 g/mol. The van der Waals surface area contributed by atoms with Crippen molar-refractivity contribution in [2.24, 2.45) is 0 Å². The number of hydrogen-bond acceptors (Lipinski definition) is 2. The molecule has 2 nitrogen and oxygen atoms in total. The quantitative estimate of drug-likeness (QED) is 0.771. The van der Waals surface area contributed by atoms with Crippen molar-refractivity contribution in [2.45, 2.75) is 0 Å². The van der Waals surface area contributed by atoms with Gasteiger partial charge in [0.25, 0.3) is 0 Å². The van der Waals surface area contributed by atoms with Gasteiger partial charge in [0.1, 0.15) is 0 Å². The Kier molecular flexibility index (Phi) is 2.42. The van der Waals surface area contributed by atoms with Gasteiger partial charge in [0.2, 0.25) is 0 Å². The fourth-order valence-electron chi connectivity index (χ4n) is 0.599. The van der Waals surface area contributed by atoms with Crippen molar-refractivity contribution in [1.29, 1.82) is 0 Å². The minimum absolute atomic E-state index is 0.292. The summed E-state index contributed by atoms with van der Waals surface area (Å²) < 4.78 is 13.5. The molecule has 0 saturated heterocycles. The molecule has 0 fully saturated rings. The lowest BCUT2D eigenvalue weighted by Crippen LogP contribution is -1.95. The molecule has 1 heterocycles. The number of anilines is 1. The summed E-state index contributed by atoms with van der Waals surface area (Å²) in [6.45, 7) is 0. The van der Waals surface area contributed by atoms with Gasteiger partial charge in [-0.1, -0.05) is 0 Å². The Labute approximate surface area is 72.0 Å². The first-order valence-corrected chi connectivity index (χ1v) is 3.80. The molecule has 0 aliphatic rings. The third kappa shape index (κ3) is 1.56. The van der Waals surface area contributed by atoms with Gasteiger partial charge in [-0.15, -0.1) is 0 Å². The highest BCUT2D eigenvalue weighted by Gasteiger charge is 1.99. The Morgan fingerprint density at radius 1 is 1.70 bits per heavy atom. The summed E-state index contributed by atoms with van der Waals surface area (Å²) in [7, 11) is 1.64. The Morgan fingerprint density at radius 3 is 2.90 bits per heavy atom. The summed E-state index contributed by atoms with van der Waals surface area (Å²) in [6, 6.07) is 1.43. The average Bonchev–Trinajstić information content (AvgIpc) is 1.88. The minimum Gasteiger partial charge on any atom is -0.371 e. The van der Waals surface area contributed by atoms with E-state index in [1.54, 1.807) is 13.2 Å². The first-order chi connectivity index (χ1) is 4.74. The zero-order chi connectivity index (χ0) is 7.56. The fourth-order valence-corrected chi connectivity index (χ4v) is 1.01. The molecule has 0 amide bonds. The number of pyridine rings is 1. The van der Waals surface area contributed by atoms with Crippen LogP contribution >= 0.6 is 22.6 Å². The van der Waals surface area contributed by atoms with Crippen molar-refractivity contribution in [3.8, 4) is 0 Å². The van der Waals surface area contributed by atoms with Crippen LogP contribution in [0.25, 0.3) is 0 Å². The van der Waals surface area contributed by atoms with Gasteiger partial charge in [-0.05, 0) is 28.7 Å². The molecule has 1 aromatic heterocycles. The van der Waals surface area contributed by atoms with Gasteiger partial charge in [0.15, 0.2) is 11.6 Å². The Morgan fingerprint density at radius 2 is 2.40 bits per heavy atom. The third-order valence-electron chi connectivity index (χ3n) is 1.04. The van der Waals surface area contributed by atoms with Crippen molar-refractivity contribution in [2.75, 3.05) is 12.4 Å². The normalized spacial score (nSPS) is 9.50. The van der Waals surface area contributed by atoms with Crippen LogP contribution < -0.4 is 5.32 Å². The zero-order valence-electron chi connectivity index (χ0n) is 5.36. The predicted octanol–water partition coefficient (Wildman–Crippen LogP) is 1.87. The molecule has 54 valence electrons. The second kappa shape index (κ2) is 3.14. The SMILES string of the molecule is CNc1ncc(I)cc1F. The van der Waals surface area contributed by atoms with Gasteiger partial charge < -0.3 is 5.32 Å². The van der Waals surface area contributed by atoms with Crippen LogP contribution in [0, 0.1) is 9.39 Å². The molecule has 4 heteroatoms. The van der Waals surface area contributed by atoms with Crippen LogP contribution in [0.3, 0.4) is 0 Å². The number of halogens is 2. The van der Waals surface area contributed by atoms with E-state index in [1.807, 2.05) is 22.6 Å². The zero-order valence-corrected chi connectivity index (χ0v) is 7.52. The molecule has 0 radical (unpaired) electrons. The van der Waals surface area contributed by atoms with Gasteiger partial charge in [-0.25, -0.2) is 9.37 Å². The lowest BCUT2D eigenvalue weighted by atomic mass is 10.4. The second-order valence-electron chi connectivity index (χ2n) is 1.73. The highest BCUT2D eigenvalue weighted by atomic mass is 127. The molecule has 0 aromatic carbocycles. The van der Waals surface area contributed by atoms with Crippen LogP contribution in [0.15, 0.2) is 12.3 Å². The lowest BCUT2D eigenvalue weighted by Gasteiger charge is -1.98. The van der Waals surface area contributed by atoms with E-state index in [2.05, 4.69) is 10.3 Å². The predicted molar refractivity (Wildman–Crippen MR) is 46.5 cm³/mol. The Bertz CT molecular complexity index is 239. The van der Waals surface area contributed by atoms with Crippen molar-refractivity contribution in [3.63, 3.8) is 0 Å². The average molecular weight is 252 g/mol. The van der Waals surface area contributed by atoms with E-state index in [0.29, 0.717) is 5.82 Å². The maximum absolute atomic E-state index is 12.7. The summed E-state index contributed by atoms with van der Waals surface area (Å²) in [5.41, 5.74) is 0. The molecule has 0 aliphatic carbocycles. The summed E-state index contributed by atoms with van der Waals surface area (Å²) >= 11 is 2.01. The molecule has 0 aliphatic heterocycles. The van der Waals surface area contributed by atoms with E-state index in [1.165, 1.54) is 6.07 Å². The van der Waals surface area contributed by atoms with Gasteiger partial charge in [0, 0.05) is 16.8 Å². The highest BCUT2D eigenvalue weighted by molar-refractivity contribution is 14.1. The summed E-state index contributed by atoms with van der Waals surface area (Å²) in [4.78, 5) is 3.80. The molecule has 1 rings (SSSR count). The van der Waals surface area contributed by atoms with E-state index in [4.69, 9.17) is 0 Å². The van der Waals surface area contributed by atoms with E-state index >= 15 is 0 Å². The number of nitrogens with one attached hydrogen (secondary N) is 1. The van der Waals surface area contributed by atoms with Gasteiger partial charge in [-0.3, -0.25) is 0 Å². The monoisotopic (exact) mass is 252 g/mol. The maximum atomic E-state index is 12.7. The minimum atomic E-state index is -0.311. The van der Waals surface area contributed by atoms with Crippen molar-refractivity contribution in [3.05, 3.63) is 21.7 Å². The van der Waals surface area contributed by atoms with Crippen LogP contribution in [0.2, 0.25) is 0 Å². The smallest absolute Gasteiger partial charge is 0.166 e. The molecule has 1 aromatic rings. The summed E-state index contributed by atoms with van der Waals surface area (Å²) in [6.07, 6.45) is 1.61. The van der Waals surface area contributed by atoms with E-state index in [-0.39, 0.29) is 5.82 Å². The number of hydrogen-bond donors (Lipinski definition) is 1. The molecule has 1 N–H and O–H groups in total. The standard InChI is InChI=1S/C6H6FIN2/c1-9-6-5(7)2-4(8)3-10-6/h2-3H,1H3,(H,9,10).